The lowest BCUT2D eigenvalue weighted by Crippen LogP contribution is -2.58. The molecule has 362 valence electrons. The number of thiol groups is 1. The fraction of sp³-hybridized carbons (Fsp3) is 0.769. The Hall–Kier alpha value is -3.20. The molecule has 0 aliphatic heterocycles. The van der Waals surface area contributed by atoms with Gasteiger partial charge in [-0.25, -0.2) is 4.72 Å². The first kappa shape index (κ1) is 59.8. The molecule has 24 heteroatoms. The molecule has 2 unspecified atom stereocenters. The average Bonchev–Trinajstić information content (AvgIpc) is 3.20. The molecule has 0 saturated heterocycles. The molecule has 0 rings (SSSR count). The number of ketones is 4. The van der Waals surface area contributed by atoms with E-state index in [9.17, 15) is 63.6 Å². The van der Waals surface area contributed by atoms with Crippen LogP contribution < -0.4 is 42.4 Å². The van der Waals surface area contributed by atoms with Crippen molar-refractivity contribution in [1.29, 1.82) is 0 Å². The standard InChI is InChI=1S/C39H70N8O13S3/c1-19(2)32(54)33(55)28(62-63-47-27(18-61)37(59)43-16-29(53)45-30(21(4)50)35(40)57)14-23(10-11-24(52)15-42-25(20(3)49)12-13-41-9)36(58)46-31(22(5)51)38(60)44-26(17-48)34(56)39(6,7)8/h19,21-23,25-28,30-32,41-42,47-48,50-51,54,61H,10-18H2,1-9H3,(H2,40,57)(H,43,59)(H,44,60)(H,45,53)(H,46,58)/t21-,22-,23-,25+,26+,27?,28?,30+,31+,32+/m1/s1. The molecule has 63 heavy (non-hydrogen) atoms. The van der Waals surface area contributed by atoms with E-state index in [1.807, 2.05) is 0 Å². The minimum atomic E-state index is -1.66. The maximum Gasteiger partial charge on any atom is 0.245 e. The summed E-state index contributed by atoms with van der Waals surface area (Å²) in [4.78, 5) is 116. The van der Waals surface area contributed by atoms with Crippen molar-refractivity contribution in [2.75, 3.05) is 39.0 Å². The van der Waals surface area contributed by atoms with Gasteiger partial charge in [0.2, 0.25) is 29.5 Å². The number of carbonyl (C=O) groups excluding carboxylic acids is 9. The number of hydrogen-bond donors (Lipinski definition) is 13. The average molecular weight is 955 g/mol. The lowest BCUT2D eigenvalue weighted by atomic mass is 9.86. The summed E-state index contributed by atoms with van der Waals surface area (Å²) >= 11 is 4.19. The first-order valence-electron chi connectivity index (χ1n) is 20.5. The zero-order valence-electron chi connectivity index (χ0n) is 37.5. The molecule has 0 radical (unpaired) electrons. The van der Waals surface area contributed by atoms with Crippen molar-refractivity contribution in [3.05, 3.63) is 0 Å². The van der Waals surface area contributed by atoms with Crippen LogP contribution in [0.2, 0.25) is 0 Å². The predicted molar refractivity (Wildman–Crippen MR) is 242 cm³/mol. The molecule has 0 saturated carbocycles. The van der Waals surface area contributed by atoms with Crippen LogP contribution in [0.3, 0.4) is 0 Å². The first-order chi connectivity index (χ1) is 29.2. The van der Waals surface area contributed by atoms with Crippen molar-refractivity contribution >= 4 is 87.1 Å². The SMILES string of the molecule is CNCC[C@H](NCC(=O)CC[C@H](CC(SSNC(CS)C(=O)NCC(=O)N[C@H](C(N)=O)[C@@H](C)O)C(=O)[C@@H](O)C(C)C)C(=O)N[C@H](C(=O)N[C@@H](CO)C(=O)C(C)(C)C)[C@@H](C)O)C(C)=O. The molecule has 0 aromatic heterocycles. The first-order valence-corrected chi connectivity index (χ1v) is 23.4. The summed E-state index contributed by atoms with van der Waals surface area (Å²) in [6.07, 6.45) is -4.70. The molecule has 5 amide bonds. The van der Waals surface area contributed by atoms with E-state index in [1.165, 1.54) is 20.8 Å². The summed E-state index contributed by atoms with van der Waals surface area (Å²) in [5, 5.41) is 55.2. The molecule has 0 spiro atoms. The maximum absolute atomic E-state index is 14.1. The summed E-state index contributed by atoms with van der Waals surface area (Å²) in [5.74, 6) is -8.10. The second-order valence-corrected chi connectivity index (χ2v) is 19.2. The molecule has 13 N–H and O–H groups in total. The van der Waals surface area contributed by atoms with Gasteiger partial charge in [-0.1, -0.05) is 45.4 Å². The topological polar surface area (TPSA) is 345 Å². The van der Waals surface area contributed by atoms with Crippen LogP contribution in [0.25, 0.3) is 0 Å². The molecule has 0 aliphatic rings. The number of hydrogen-bond acceptors (Lipinski definition) is 19. The summed E-state index contributed by atoms with van der Waals surface area (Å²) in [6, 6.07) is -6.13. The third kappa shape index (κ3) is 22.5. The Bertz CT molecular complexity index is 1550. The van der Waals surface area contributed by atoms with Gasteiger partial charge in [0.25, 0.3) is 0 Å². The number of aliphatic hydroxyl groups is 4. The molecular formula is C39H70N8O13S3. The molecule has 10 atom stereocenters. The van der Waals surface area contributed by atoms with Gasteiger partial charge in [-0.15, -0.1) is 0 Å². The van der Waals surface area contributed by atoms with Gasteiger partial charge >= 0.3 is 0 Å². The Labute approximate surface area is 382 Å². The normalized spacial score (nSPS) is 16.5. The van der Waals surface area contributed by atoms with E-state index in [0.717, 1.165) is 21.8 Å². The van der Waals surface area contributed by atoms with Crippen molar-refractivity contribution < 1.29 is 63.6 Å². The van der Waals surface area contributed by atoms with Crippen LogP contribution in [-0.4, -0.2) is 166 Å². The molecule has 0 aromatic rings. The second-order valence-electron chi connectivity index (χ2n) is 16.5. The van der Waals surface area contributed by atoms with Crippen LogP contribution >= 0.6 is 34.4 Å². The van der Waals surface area contributed by atoms with Crippen LogP contribution in [0.1, 0.15) is 81.1 Å². The van der Waals surface area contributed by atoms with Gasteiger partial charge in [-0.2, -0.15) is 12.6 Å². The summed E-state index contributed by atoms with van der Waals surface area (Å²) in [5.41, 5.74) is 4.23. The van der Waals surface area contributed by atoms with E-state index in [1.54, 1.807) is 41.7 Å². The highest BCUT2D eigenvalue weighted by Gasteiger charge is 2.37. The number of nitrogens with two attached hydrogens (primary N) is 1. The van der Waals surface area contributed by atoms with E-state index in [4.69, 9.17) is 5.73 Å². The minimum absolute atomic E-state index is 0.117. The van der Waals surface area contributed by atoms with Gasteiger partial charge in [0.15, 0.2) is 11.6 Å². The highest BCUT2D eigenvalue weighted by Crippen LogP contribution is 2.33. The van der Waals surface area contributed by atoms with Gasteiger partial charge in [0.1, 0.15) is 41.8 Å². The number of amides is 5. The smallest absolute Gasteiger partial charge is 0.245 e. The largest absolute Gasteiger partial charge is 0.394 e. The Morgan fingerprint density at radius 2 is 1.38 bits per heavy atom. The maximum atomic E-state index is 14.1. The van der Waals surface area contributed by atoms with Gasteiger partial charge in [-0.05, 0) is 70.5 Å². The lowest BCUT2D eigenvalue weighted by molar-refractivity contribution is -0.137. The molecule has 0 heterocycles. The van der Waals surface area contributed by atoms with Gasteiger partial charge in [0, 0.05) is 23.5 Å². The van der Waals surface area contributed by atoms with Crippen LogP contribution in [0.5, 0.6) is 0 Å². The molecule has 0 aliphatic carbocycles. The number of carbonyl (C=O) groups is 9. The Balaban J connectivity index is 6.52. The van der Waals surface area contributed by atoms with E-state index >= 15 is 0 Å². The number of primary amides is 1. The van der Waals surface area contributed by atoms with Crippen LogP contribution in [0.4, 0.5) is 0 Å². The minimum Gasteiger partial charge on any atom is -0.394 e. The number of aliphatic hydroxyl groups excluding tert-OH is 4. The highest BCUT2D eigenvalue weighted by atomic mass is 33.1. The van der Waals surface area contributed by atoms with Crippen molar-refractivity contribution in [3.8, 4) is 0 Å². The van der Waals surface area contributed by atoms with E-state index in [-0.39, 0.29) is 43.1 Å². The van der Waals surface area contributed by atoms with Gasteiger partial charge in [0.05, 0.1) is 43.2 Å². The molecule has 21 nitrogen and oxygen atoms in total. The van der Waals surface area contributed by atoms with Crippen molar-refractivity contribution in [2.45, 2.75) is 135 Å². The highest BCUT2D eigenvalue weighted by molar-refractivity contribution is 8.76. The van der Waals surface area contributed by atoms with Crippen molar-refractivity contribution in [2.24, 2.45) is 23.0 Å². The molecule has 0 bridgehead atoms. The van der Waals surface area contributed by atoms with Crippen molar-refractivity contribution in [1.82, 2.24) is 36.6 Å². The number of nitrogens with one attached hydrogen (secondary N) is 7. The molecule has 0 aromatic carbocycles. The third-order valence-corrected chi connectivity index (χ3v) is 12.4. The fourth-order valence-corrected chi connectivity index (χ4v) is 8.44. The second kappa shape index (κ2) is 30.1. The van der Waals surface area contributed by atoms with Gasteiger partial charge in [-0.3, -0.25) is 43.2 Å². The molecular weight excluding hydrogens is 885 g/mol. The lowest BCUT2D eigenvalue weighted by Gasteiger charge is -2.29. The van der Waals surface area contributed by atoms with E-state index in [2.05, 4.69) is 49.3 Å². The molecule has 0 fully saturated rings. The monoisotopic (exact) mass is 954 g/mol. The van der Waals surface area contributed by atoms with E-state index < -0.39 is 125 Å². The zero-order chi connectivity index (χ0) is 48.8. The Morgan fingerprint density at radius 3 is 1.86 bits per heavy atom. The summed E-state index contributed by atoms with van der Waals surface area (Å²) in [7, 11) is 3.34. The van der Waals surface area contributed by atoms with Crippen molar-refractivity contribution in [3.63, 3.8) is 0 Å². The van der Waals surface area contributed by atoms with E-state index in [0.29, 0.717) is 13.0 Å². The third-order valence-electron chi connectivity index (χ3n) is 9.60. The summed E-state index contributed by atoms with van der Waals surface area (Å²) in [6.45, 7) is 10.7. The van der Waals surface area contributed by atoms with Crippen LogP contribution in [0.15, 0.2) is 0 Å². The number of Topliss-reactive ketones (excluding diaryl/α,β-unsaturated/α-hetero) is 4. The predicted octanol–water partition coefficient (Wildman–Crippen LogP) is -2.94. The van der Waals surface area contributed by atoms with Gasteiger partial charge < -0.3 is 58.1 Å². The number of rotatable bonds is 33. The quantitative estimate of drug-likeness (QED) is 0.0178. The fourth-order valence-electron chi connectivity index (χ4n) is 5.65. The van der Waals surface area contributed by atoms with Crippen LogP contribution in [-0.2, 0) is 43.2 Å². The summed E-state index contributed by atoms with van der Waals surface area (Å²) < 4.78 is 2.82. The Kier molecular flexibility index (Phi) is 28.6. The zero-order valence-corrected chi connectivity index (χ0v) is 40.0. The Morgan fingerprint density at radius 1 is 0.778 bits per heavy atom. The van der Waals surface area contributed by atoms with Crippen LogP contribution in [0, 0.1) is 17.3 Å².